The molecule has 0 saturated carbocycles. The summed E-state index contributed by atoms with van der Waals surface area (Å²) in [6.07, 6.45) is 0.455. The van der Waals surface area contributed by atoms with Gasteiger partial charge in [0.05, 0.1) is 11.7 Å². The minimum Gasteiger partial charge on any atom is -0.443 e. The SMILES string of the molecule is CC(C)(C)OC(=O)N1c2cc(Br)cc(F)c2CCC1c1ccc(F)cc1. The second-order valence-electron chi connectivity index (χ2n) is 7.34. The molecule has 1 heterocycles. The average molecular weight is 424 g/mol. The Kier molecular flexibility index (Phi) is 5.06. The smallest absolute Gasteiger partial charge is 0.415 e. The van der Waals surface area contributed by atoms with Crippen molar-refractivity contribution < 1.29 is 18.3 Å². The molecule has 2 aromatic carbocycles. The third-order valence-electron chi connectivity index (χ3n) is 4.22. The van der Waals surface area contributed by atoms with Gasteiger partial charge < -0.3 is 4.74 Å². The maximum absolute atomic E-state index is 14.4. The Morgan fingerprint density at radius 2 is 1.85 bits per heavy atom. The van der Waals surface area contributed by atoms with Gasteiger partial charge in [0.15, 0.2) is 0 Å². The first-order valence-electron chi connectivity index (χ1n) is 8.41. The number of nitrogens with zero attached hydrogens (tertiary/aromatic N) is 1. The number of benzene rings is 2. The Bertz CT molecular complexity index is 831. The van der Waals surface area contributed by atoms with Crippen LogP contribution in [0.3, 0.4) is 0 Å². The van der Waals surface area contributed by atoms with Gasteiger partial charge >= 0.3 is 6.09 Å². The van der Waals surface area contributed by atoms with Gasteiger partial charge in [-0.1, -0.05) is 28.1 Å². The van der Waals surface area contributed by atoms with Crippen molar-refractivity contribution >= 4 is 27.7 Å². The zero-order valence-electron chi connectivity index (χ0n) is 14.9. The number of halogens is 3. The first-order chi connectivity index (χ1) is 12.2. The molecule has 2 aromatic rings. The van der Waals surface area contributed by atoms with Crippen LogP contribution in [-0.2, 0) is 11.2 Å². The van der Waals surface area contributed by atoms with Gasteiger partial charge in [-0.2, -0.15) is 0 Å². The number of anilines is 1. The van der Waals surface area contributed by atoms with Crippen molar-refractivity contribution in [1.29, 1.82) is 0 Å². The molecule has 1 unspecified atom stereocenters. The summed E-state index contributed by atoms with van der Waals surface area (Å²) in [5.74, 6) is -0.706. The van der Waals surface area contributed by atoms with E-state index in [0.717, 1.165) is 5.56 Å². The van der Waals surface area contributed by atoms with E-state index in [4.69, 9.17) is 4.74 Å². The predicted octanol–water partition coefficient (Wildman–Crippen LogP) is 6.16. The van der Waals surface area contributed by atoms with Crippen molar-refractivity contribution in [3.63, 3.8) is 0 Å². The Morgan fingerprint density at radius 3 is 2.46 bits per heavy atom. The maximum atomic E-state index is 14.4. The second-order valence-corrected chi connectivity index (χ2v) is 8.26. The molecule has 0 fully saturated rings. The highest BCUT2D eigenvalue weighted by atomic mass is 79.9. The summed E-state index contributed by atoms with van der Waals surface area (Å²) in [7, 11) is 0. The largest absolute Gasteiger partial charge is 0.443 e. The molecule has 138 valence electrons. The summed E-state index contributed by atoms with van der Waals surface area (Å²) < 4.78 is 33.9. The molecule has 1 atom stereocenters. The van der Waals surface area contributed by atoms with Gasteiger partial charge in [-0.05, 0) is 63.4 Å². The number of hydrogen-bond acceptors (Lipinski definition) is 2. The molecule has 26 heavy (non-hydrogen) atoms. The summed E-state index contributed by atoms with van der Waals surface area (Å²) in [4.78, 5) is 14.4. The van der Waals surface area contributed by atoms with Crippen molar-refractivity contribution in [2.75, 3.05) is 4.90 Å². The Balaban J connectivity index is 2.09. The highest BCUT2D eigenvalue weighted by molar-refractivity contribution is 9.10. The van der Waals surface area contributed by atoms with E-state index >= 15 is 0 Å². The van der Waals surface area contributed by atoms with E-state index in [1.165, 1.54) is 23.1 Å². The van der Waals surface area contributed by atoms with Gasteiger partial charge in [-0.15, -0.1) is 0 Å². The zero-order valence-corrected chi connectivity index (χ0v) is 16.4. The number of ether oxygens (including phenoxy) is 1. The monoisotopic (exact) mass is 423 g/mol. The molecule has 0 spiro atoms. The van der Waals surface area contributed by atoms with Crippen molar-refractivity contribution in [2.45, 2.75) is 45.3 Å². The van der Waals surface area contributed by atoms with Crippen LogP contribution in [0.15, 0.2) is 40.9 Å². The van der Waals surface area contributed by atoms with E-state index in [0.29, 0.717) is 28.6 Å². The third kappa shape index (κ3) is 3.90. The van der Waals surface area contributed by atoms with Crippen LogP contribution in [0.25, 0.3) is 0 Å². The molecule has 0 radical (unpaired) electrons. The third-order valence-corrected chi connectivity index (χ3v) is 4.68. The average Bonchev–Trinajstić information content (AvgIpc) is 2.52. The molecule has 0 aromatic heterocycles. The van der Waals surface area contributed by atoms with Gasteiger partial charge in [0.25, 0.3) is 0 Å². The van der Waals surface area contributed by atoms with Crippen molar-refractivity contribution in [1.82, 2.24) is 0 Å². The van der Waals surface area contributed by atoms with Gasteiger partial charge in [-0.3, -0.25) is 4.90 Å². The lowest BCUT2D eigenvalue weighted by molar-refractivity contribution is 0.0559. The number of carbonyl (C=O) groups excluding carboxylic acids is 1. The van der Waals surface area contributed by atoms with Gasteiger partial charge in [0.2, 0.25) is 0 Å². The Labute approximate surface area is 160 Å². The topological polar surface area (TPSA) is 29.5 Å². The molecule has 6 heteroatoms. The van der Waals surface area contributed by atoms with E-state index in [1.54, 1.807) is 39.0 Å². The van der Waals surface area contributed by atoms with Crippen LogP contribution in [0.5, 0.6) is 0 Å². The van der Waals surface area contributed by atoms with Crippen LogP contribution in [0.2, 0.25) is 0 Å². The zero-order chi connectivity index (χ0) is 19.1. The quantitative estimate of drug-likeness (QED) is 0.549. The number of rotatable bonds is 1. The van der Waals surface area contributed by atoms with Crippen LogP contribution in [-0.4, -0.2) is 11.7 Å². The van der Waals surface area contributed by atoms with Crippen LogP contribution < -0.4 is 4.90 Å². The minimum absolute atomic E-state index is 0.345. The molecule has 1 amide bonds. The van der Waals surface area contributed by atoms with Gasteiger partial charge in [0.1, 0.15) is 17.2 Å². The van der Waals surface area contributed by atoms with E-state index in [2.05, 4.69) is 15.9 Å². The highest BCUT2D eigenvalue weighted by Crippen LogP contribution is 2.42. The lowest BCUT2D eigenvalue weighted by Gasteiger charge is -2.38. The van der Waals surface area contributed by atoms with Crippen molar-refractivity contribution in [2.24, 2.45) is 0 Å². The van der Waals surface area contributed by atoms with E-state index in [9.17, 15) is 13.6 Å². The van der Waals surface area contributed by atoms with Crippen molar-refractivity contribution in [3.8, 4) is 0 Å². The molecule has 0 saturated heterocycles. The summed E-state index contributed by atoms with van der Waals surface area (Å²) in [6, 6.07) is 8.78. The summed E-state index contributed by atoms with van der Waals surface area (Å²) in [6.45, 7) is 5.35. The second kappa shape index (κ2) is 6.99. The predicted molar refractivity (Wildman–Crippen MR) is 100 cm³/mol. The summed E-state index contributed by atoms with van der Waals surface area (Å²) in [5, 5.41) is 0. The molecule has 3 nitrogen and oxygen atoms in total. The molecule has 0 bridgehead atoms. The normalized spacial score (nSPS) is 17.0. The Morgan fingerprint density at radius 1 is 1.19 bits per heavy atom. The standard InChI is InChI=1S/C20H20BrF2NO2/c1-20(2,3)26-19(25)24-17(12-4-6-14(22)7-5-12)9-8-15-16(23)10-13(21)11-18(15)24/h4-7,10-11,17H,8-9H2,1-3H3. The molecular weight excluding hydrogens is 404 g/mol. The minimum atomic E-state index is -0.688. The van der Waals surface area contributed by atoms with E-state index in [1.807, 2.05) is 0 Å². The van der Waals surface area contributed by atoms with Gasteiger partial charge in [0, 0.05) is 10.0 Å². The summed E-state index contributed by atoms with van der Waals surface area (Å²) >= 11 is 3.30. The van der Waals surface area contributed by atoms with Crippen LogP contribution in [0.1, 0.15) is 44.4 Å². The maximum Gasteiger partial charge on any atom is 0.415 e. The molecule has 1 aliphatic rings. The molecular formula is C20H20BrF2NO2. The van der Waals surface area contributed by atoms with Crippen molar-refractivity contribution in [3.05, 3.63) is 63.6 Å². The lowest BCUT2D eigenvalue weighted by atomic mass is 9.91. The fourth-order valence-corrected chi connectivity index (χ4v) is 3.59. The molecule has 3 rings (SSSR count). The molecule has 1 aliphatic heterocycles. The lowest BCUT2D eigenvalue weighted by Crippen LogP contribution is -2.42. The number of carbonyl (C=O) groups is 1. The summed E-state index contributed by atoms with van der Waals surface area (Å²) in [5.41, 5.74) is 1.06. The van der Waals surface area contributed by atoms with E-state index < -0.39 is 11.7 Å². The van der Waals surface area contributed by atoms with Gasteiger partial charge in [-0.25, -0.2) is 13.6 Å². The Hall–Kier alpha value is -1.95. The van der Waals surface area contributed by atoms with Crippen LogP contribution >= 0.6 is 15.9 Å². The first-order valence-corrected chi connectivity index (χ1v) is 9.20. The van der Waals surface area contributed by atoms with E-state index in [-0.39, 0.29) is 17.7 Å². The fourth-order valence-electron chi connectivity index (χ4n) is 3.17. The molecule has 0 N–H and O–H groups in total. The highest BCUT2D eigenvalue weighted by Gasteiger charge is 2.36. The number of amides is 1. The number of fused-ring (bicyclic) bond motifs is 1. The number of hydrogen-bond donors (Lipinski definition) is 0. The van der Waals surface area contributed by atoms with Crippen LogP contribution in [0.4, 0.5) is 19.3 Å². The fraction of sp³-hybridized carbons (Fsp3) is 0.350. The van der Waals surface area contributed by atoms with Crippen LogP contribution in [0, 0.1) is 11.6 Å². The first kappa shape index (κ1) is 18.8. The molecule has 0 aliphatic carbocycles.